The molecule has 11 nitrogen and oxygen atoms in total. The third kappa shape index (κ3) is 18.7. The van der Waals surface area contributed by atoms with E-state index >= 15 is 0 Å². The molecule has 0 saturated carbocycles. The van der Waals surface area contributed by atoms with Gasteiger partial charge in [0.2, 0.25) is 0 Å². The number of hydrogen-bond donors (Lipinski definition) is 2. The van der Waals surface area contributed by atoms with Gasteiger partial charge in [-0.3, -0.25) is 0 Å². The Balaban J connectivity index is 0.00000414. The Bertz CT molecular complexity index is 1510. The lowest BCUT2D eigenvalue weighted by molar-refractivity contribution is -0.0493. The predicted molar refractivity (Wildman–Crippen MR) is 221 cm³/mol. The molecule has 1 aromatic carbocycles. The maximum Gasteiger partial charge on any atom is 0.330 e. The molecule has 3 aromatic rings. The van der Waals surface area contributed by atoms with E-state index in [0.29, 0.717) is 18.0 Å². The van der Waals surface area contributed by atoms with Crippen molar-refractivity contribution in [1.82, 2.24) is 14.6 Å². The summed E-state index contributed by atoms with van der Waals surface area (Å²) in [6, 6.07) is 9.89. The van der Waals surface area contributed by atoms with Crippen molar-refractivity contribution in [2.24, 2.45) is 0 Å². The van der Waals surface area contributed by atoms with Crippen LogP contribution in [0, 0.1) is 17.1 Å². The van der Waals surface area contributed by atoms with Gasteiger partial charge in [-0.25, -0.2) is 13.9 Å². The normalized spacial score (nSPS) is 16.4. The Morgan fingerprint density at radius 1 is 0.911 bits per heavy atom. The van der Waals surface area contributed by atoms with Crippen LogP contribution in [0.5, 0.6) is 0 Å². The number of nitrogens with zero attached hydrogens (tertiary/aromatic N) is 4. The van der Waals surface area contributed by atoms with Crippen molar-refractivity contribution in [3.63, 3.8) is 0 Å². The summed E-state index contributed by atoms with van der Waals surface area (Å²) in [6.45, 7) is 7.37. The van der Waals surface area contributed by atoms with Crippen LogP contribution >= 0.6 is 8.60 Å². The van der Waals surface area contributed by atoms with Gasteiger partial charge in [0.25, 0.3) is 0 Å². The molecule has 0 spiro atoms. The molecule has 13 heteroatoms. The molecular formula is C43H69FN5O6P. The van der Waals surface area contributed by atoms with Gasteiger partial charge in [0.05, 0.1) is 49.9 Å². The lowest BCUT2D eigenvalue weighted by atomic mass is 10.0. The first-order chi connectivity index (χ1) is 27.5. The number of halogens is 1. The number of ether oxygens (including phenoxy) is 3. The average Bonchev–Trinajstić information content (AvgIpc) is 3.87. The van der Waals surface area contributed by atoms with Crippen molar-refractivity contribution >= 4 is 19.9 Å². The molecule has 2 aromatic heterocycles. The second-order valence-corrected chi connectivity index (χ2v) is 15.5. The van der Waals surface area contributed by atoms with E-state index in [1.165, 1.54) is 115 Å². The zero-order valence-corrected chi connectivity index (χ0v) is 35.2. The SMILES string of the molecule is CC.CCCCCCCCCCCCCCCCCCCOCC(COP(O)OCC1CCC(c2ccc3c(N)ncnn23)O1)OCc1cc(F)cc(C#N)c1. The van der Waals surface area contributed by atoms with Crippen molar-refractivity contribution in [2.45, 2.75) is 168 Å². The molecule has 1 aliphatic rings. The Morgan fingerprint density at radius 2 is 1.55 bits per heavy atom. The molecule has 0 radical (unpaired) electrons. The quantitative estimate of drug-likeness (QED) is 0.0493. The summed E-state index contributed by atoms with van der Waals surface area (Å²) >= 11 is 0. The molecule has 314 valence electrons. The summed E-state index contributed by atoms with van der Waals surface area (Å²) in [5.41, 5.74) is 8.34. The molecule has 1 aliphatic heterocycles. The van der Waals surface area contributed by atoms with Gasteiger partial charge in [0.1, 0.15) is 29.9 Å². The second kappa shape index (κ2) is 29.5. The summed E-state index contributed by atoms with van der Waals surface area (Å²) in [4.78, 5) is 14.6. The number of unbranched alkanes of at least 4 members (excludes halogenated alkanes) is 16. The standard InChI is InChI=1S/C41H63FN5O6P.C2H6/c1-2-3-4-5-6-7-8-9-10-11-12-13-14-15-16-17-18-23-49-29-37(50-28-34-24-33(27-43)25-35(42)26-34)31-52-54(48)51-30-36-19-22-40(53-36)38-20-21-39-41(44)45-32-46-47(38)39;1-2/h20-21,24-26,32,36-37,40,48H,2-19,22-23,28-31H2,1H3,(H2,44,45,46);1-2H3. The number of nitrogen functional groups attached to an aromatic ring is 1. The van der Waals surface area contributed by atoms with E-state index in [4.69, 9.17) is 29.0 Å². The van der Waals surface area contributed by atoms with E-state index in [1.807, 2.05) is 32.0 Å². The second-order valence-electron chi connectivity index (χ2n) is 14.5. The lowest BCUT2D eigenvalue weighted by Crippen LogP contribution is -2.25. The van der Waals surface area contributed by atoms with Crippen molar-refractivity contribution in [3.8, 4) is 6.07 Å². The topological polar surface area (TPSA) is 146 Å². The number of fused-ring (bicyclic) bond motifs is 1. The average molecular weight is 802 g/mol. The Hall–Kier alpha value is -2.75. The monoisotopic (exact) mass is 801 g/mol. The van der Waals surface area contributed by atoms with E-state index < -0.39 is 20.5 Å². The van der Waals surface area contributed by atoms with E-state index in [9.17, 15) is 14.5 Å². The molecule has 1 fully saturated rings. The van der Waals surface area contributed by atoms with Crippen LogP contribution in [0.1, 0.15) is 166 Å². The molecule has 4 unspecified atom stereocenters. The molecule has 4 atom stereocenters. The number of nitriles is 1. The number of hydrogen-bond acceptors (Lipinski definition) is 10. The molecule has 4 rings (SSSR count). The highest BCUT2D eigenvalue weighted by Crippen LogP contribution is 2.38. The summed E-state index contributed by atoms with van der Waals surface area (Å²) in [6.07, 6.45) is 24.4. The van der Waals surface area contributed by atoms with Crippen LogP contribution in [0.15, 0.2) is 36.7 Å². The highest BCUT2D eigenvalue weighted by Gasteiger charge is 2.30. The number of anilines is 1. The van der Waals surface area contributed by atoms with Crippen LogP contribution in [0.2, 0.25) is 0 Å². The minimum Gasteiger partial charge on any atom is -0.382 e. The Kier molecular flexibility index (Phi) is 25.1. The maximum absolute atomic E-state index is 14.0. The van der Waals surface area contributed by atoms with Gasteiger partial charge in [-0.2, -0.15) is 10.4 Å². The molecular weight excluding hydrogens is 732 g/mol. The van der Waals surface area contributed by atoms with E-state index in [-0.39, 0.29) is 44.2 Å². The Labute approximate surface area is 336 Å². The summed E-state index contributed by atoms with van der Waals surface area (Å²) < 4.78 is 45.2. The zero-order valence-electron chi connectivity index (χ0n) is 34.3. The van der Waals surface area contributed by atoms with Crippen LogP contribution in [-0.2, 0) is 29.9 Å². The smallest absolute Gasteiger partial charge is 0.330 e. The number of rotatable bonds is 30. The van der Waals surface area contributed by atoms with Crippen molar-refractivity contribution in [1.29, 1.82) is 5.26 Å². The molecule has 0 bridgehead atoms. The van der Waals surface area contributed by atoms with Gasteiger partial charge >= 0.3 is 8.60 Å². The highest BCUT2D eigenvalue weighted by atomic mass is 31.2. The van der Waals surface area contributed by atoms with Crippen molar-refractivity contribution < 1.29 is 32.5 Å². The van der Waals surface area contributed by atoms with E-state index in [2.05, 4.69) is 17.0 Å². The fourth-order valence-corrected chi connectivity index (χ4v) is 7.56. The van der Waals surface area contributed by atoms with Gasteiger partial charge in [-0.05, 0) is 55.2 Å². The first kappa shape index (κ1) is 47.6. The third-order valence-electron chi connectivity index (χ3n) is 9.96. The predicted octanol–water partition coefficient (Wildman–Crippen LogP) is 11.1. The zero-order chi connectivity index (χ0) is 40.2. The molecule has 0 amide bonds. The van der Waals surface area contributed by atoms with Crippen LogP contribution in [-0.4, -0.2) is 58.1 Å². The molecule has 1 saturated heterocycles. The number of aromatic nitrogens is 3. The largest absolute Gasteiger partial charge is 0.382 e. The summed E-state index contributed by atoms with van der Waals surface area (Å²) in [5, 5.41) is 13.5. The highest BCUT2D eigenvalue weighted by molar-refractivity contribution is 7.40. The fourth-order valence-electron chi connectivity index (χ4n) is 6.89. The minimum atomic E-state index is -2.20. The van der Waals surface area contributed by atoms with Crippen molar-refractivity contribution in [2.75, 3.05) is 32.2 Å². The van der Waals surface area contributed by atoms with Gasteiger partial charge in [-0.15, -0.1) is 0 Å². The molecule has 56 heavy (non-hydrogen) atoms. The van der Waals surface area contributed by atoms with Gasteiger partial charge < -0.3 is 33.9 Å². The molecule has 3 heterocycles. The van der Waals surface area contributed by atoms with E-state index in [1.54, 1.807) is 10.6 Å². The van der Waals surface area contributed by atoms with Gasteiger partial charge in [-0.1, -0.05) is 124 Å². The number of benzene rings is 1. The molecule has 3 N–H and O–H groups in total. The first-order valence-electron chi connectivity index (χ1n) is 21.3. The maximum atomic E-state index is 14.0. The summed E-state index contributed by atoms with van der Waals surface area (Å²) in [5.74, 6) is -0.0927. The van der Waals surface area contributed by atoms with Crippen LogP contribution in [0.4, 0.5) is 10.2 Å². The minimum absolute atomic E-state index is 0.0209. The van der Waals surface area contributed by atoms with Gasteiger partial charge in [0, 0.05) is 6.61 Å². The molecule has 0 aliphatic carbocycles. The summed E-state index contributed by atoms with van der Waals surface area (Å²) in [7, 11) is -2.20. The van der Waals surface area contributed by atoms with Crippen LogP contribution < -0.4 is 5.73 Å². The van der Waals surface area contributed by atoms with Crippen molar-refractivity contribution in [3.05, 3.63) is 59.3 Å². The fraction of sp³-hybridized carbons (Fsp3) is 0.698. The van der Waals surface area contributed by atoms with Crippen LogP contribution in [0.25, 0.3) is 5.52 Å². The first-order valence-corrected chi connectivity index (χ1v) is 22.5. The van der Waals surface area contributed by atoms with Crippen LogP contribution in [0.3, 0.4) is 0 Å². The lowest BCUT2D eigenvalue weighted by Gasteiger charge is -2.20. The third-order valence-corrected chi connectivity index (χ3v) is 10.7. The van der Waals surface area contributed by atoms with E-state index in [0.717, 1.165) is 36.9 Å². The Morgan fingerprint density at radius 3 is 2.20 bits per heavy atom. The van der Waals surface area contributed by atoms with Gasteiger partial charge in [0.15, 0.2) is 5.82 Å². The number of nitrogens with two attached hydrogens (primary N) is 1.